The molecule has 0 spiro atoms. The SMILES string of the molecule is CCOC(=O)c1[nH]c(-c2ccc(C#N)c(F)c2)nc1-c1ccc(OC)c(F)c1. The predicted octanol–water partition coefficient (Wildman–Crippen LogP) is 4.08. The van der Waals surface area contributed by atoms with Crippen LogP contribution in [0.2, 0.25) is 0 Å². The van der Waals surface area contributed by atoms with Gasteiger partial charge in [0.25, 0.3) is 0 Å². The zero-order valence-electron chi connectivity index (χ0n) is 15.0. The summed E-state index contributed by atoms with van der Waals surface area (Å²) in [5, 5.41) is 8.86. The van der Waals surface area contributed by atoms with Crippen LogP contribution in [0.25, 0.3) is 22.6 Å². The second-order valence-corrected chi connectivity index (χ2v) is 5.69. The van der Waals surface area contributed by atoms with Crippen LogP contribution < -0.4 is 4.74 Å². The fourth-order valence-electron chi connectivity index (χ4n) is 2.64. The fourth-order valence-corrected chi connectivity index (χ4v) is 2.64. The van der Waals surface area contributed by atoms with Crippen LogP contribution in [0, 0.1) is 23.0 Å². The van der Waals surface area contributed by atoms with Gasteiger partial charge in [-0.05, 0) is 43.3 Å². The van der Waals surface area contributed by atoms with E-state index in [2.05, 4.69) is 9.97 Å². The molecule has 0 bridgehead atoms. The van der Waals surface area contributed by atoms with E-state index in [0.717, 1.165) is 6.07 Å². The lowest BCUT2D eigenvalue weighted by Gasteiger charge is -2.05. The highest BCUT2D eigenvalue weighted by atomic mass is 19.1. The average molecular weight is 383 g/mol. The van der Waals surface area contributed by atoms with Gasteiger partial charge in [0.1, 0.15) is 23.4 Å². The minimum Gasteiger partial charge on any atom is -0.494 e. The Morgan fingerprint density at radius 3 is 2.50 bits per heavy atom. The van der Waals surface area contributed by atoms with Gasteiger partial charge in [0.2, 0.25) is 0 Å². The van der Waals surface area contributed by atoms with Crippen LogP contribution in [-0.4, -0.2) is 29.7 Å². The van der Waals surface area contributed by atoms with Crippen molar-refractivity contribution >= 4 is 5.97 Å². The molecule has 1 N–H and O–H groups in total. The molecule has 0 radical (unpaired) electrons. The molecule has 3 rings (SSSR count). The number of carbonyl (C=O) groups is 1. The second kappa shape index (κ2) is 7.88. The number of hydrogen-bond acceptors (Lipinski definition) is 5. The highest BCUT2D eigenvalue weighted by Gasteiger charge is 2.22. The molecule has 0 aliphatic carbocycles. The summed E-state index contributed by atoms with van der Waals surface area (Å²) >= 11 is 0. The number of nitriles is 1. The summed E-state index contributed by atoms with van der Waals surface area (Å²) < 4.78 is 38.0. The van der Waals surface area contributed by atoms with Crippen molar-refractivity contribution in [3.63, 3.8) is 0 Å². The number of ether oxygens (including phenoxy) is 2. The Bertz CT molecular complexity index is 1090. The van der Waals surface area contributed by atoms with Crippen LogP contribution in [0.3, 0.4) is 0 Å². The average Bonchev–Trinajstić information content (AvgIpc) is 3.13. The summed E-state index contributed by atoms with van der Waals surface area (Å²) in [5.41, 5.74) is 0.685. The van der Waals surface area contributed by atoms with Crippen molar-refractivity contribution in [3.8, 4) is 34.5 Å². The highest BCUT2D eigenvalue weighted by Crippen LogP contribution is 2.30. The molecule has 6 nitrogen and oxygen atoms in total. The Morgan fingerprint density at radius 1 is 1.18 bits per heavy atom. The van der Waals surface area contributed by atoms with Crippen LogP contribution in [0.4, 0.5) is 8.78 Å². The molecule has 1 heterocycles. The van der Waals surface area contributed by atoms with Gasteiger partial charge in [-0.15, -0.1) is 0 Å². The third-order valence-corrected chi connectivity index (χ3v) is 3.97. The van der Waals surface area contributed by atoms with Crippen LogP contribution in [0.5, 0.6) is 5.75 Å². The first kappa shape index (κ1) is 19.0. The fraction of sp³-hybridized carbons (Fsp3) is 0.150. The third kappa shape index (κ3) is 3.55. The van der Waals surface area contributed by atoms with Gasteiger partial charge in [0.15, 0.2) is 17.3 Å². The van der Waals surface area contributed by atoms with E-state index in [4.69, 9.17) is 14.7 Å². The number of methoxy groups -OCH3 is 1. The quantitative estimate of drug-likeness (QED) is 0.671. The van der Waals surface area contributed by atoms with E-state index < -0.39 is 17.6 Å². The first-order valence-corrected chi connectivity index (χ1v) is 8.29. The normalized spacial score (nSPS) is 10.4. The van der Waals surface area contributed by atoms with Gasteiger partial charge in [-0.3, -0.25) is 0 Å². The first-order chi connectivity index (χ1) is 13.5. The summed E-state index contributed by atoms with van der Waals surface area (Å²) in [6, 6.07) is 9.81. The number of H-pyrrole nitrogens is 1. The number of imidazole rings is 1. The predicted molar refractivity (Wildman–Crippen MR) is 96.6 cm³/mol. The Balaban J connectivity index is 2.14. The number of benzene rings is 2. The van der Waals surface area contributed by atoms with Crippen LogP contribution in [0.15, 0.2) is 36.4 Å². The van der Waals surface area contributed by atoms with E-state index in [0.29, 0.717) is 11.1 Å². The zero-order valence-corrected chi connectivity index (χ0v) is 15.0. The summed E-state index contributed by atoms with van der Waals surface area (Å²) in [7, 11) is 1.34. The molecule has 0 amide bonds. The Hall–Kier alpha value is -3.73. The molecule has 0 saturated heterocycles. The molecule has 3 aromatic rings. The van der Waals surface area contributed by atoms with Crippen molar-refractivity contribution in [1.82, 2.24) is 9.97 Å². The lowest BCUT2D eigenvalue weighted by Crippen LogP contribution is -2.06. The van der Waals surface area contributed by atoms with Crippen LogP contribution >= 0.6 is 0 Å². The molecular weight excluding hydrogens is 368 g/mol. The minimum absolute atomic E-state index is 0.00573. The van der Waals surface area contributed by atoms with E-state index in [-0.39, 0.29) is 35.1 Å². The van der Waals surface area contributed by atoms with E-state index in [1.54, 1.807) is 19.1 Å². The lowest BCUT2D eigenvalue weighted by molar-refractivity contribution is 0.0521. The van der Waals surface area contributed by atoms with Crippen molar-refractivity contribution in [2.45, 2.75) is 6.92 Å². The molecule has 142 valence electrons. The molecular formula is C20H15F2N3O3. The van der Waals surface area contributed by atoms with Gasteiger partial charge in [0.05, 0.1) is 19.3 Å². The van der Waals surface area contributed by atoms with Crippen molar-refractivity contribution < 1.29 is 23.0 Å². The molecule has 0 aliphatic heterocycles. The van der Waals surface area contributed by atoms with Gasteiger partial charge in [-0.1, -0.05) is 0 Å². The first-order valence-electron chi connectivity index (χ1n) is 8.29. The number of hydrogen-bond donors (Lipinski definition) is 1. The van der Waals surface area contributed by atoms with Crippen molar-refractivity contribution in [2.24, 2.45) is 0 Å². The van der Waals surface area contributed by atoms with Crippen molar-refractivity contribution in [1.29, 1.82) is 5.26 Å². The van der Waals surface area contributed by atoms with E-state index in [1.165, 1.54) is 31.4 Å². The molecule has 8 heteroatoms. The van der Waals surface area contributed by atoms with Gasteiger partial charge in [-0.25, -0.2) is 18.6 Å². The monoisotopic (exact) mass is 383 g/mol. The number of rotatable bonds is 5. The molecule has 0 fully saturated rings. The summed E-state index contributed by atoms with van der Waals surface area (Å²) in [6.07, 6.45) is 0. The Kier molecular flexibility index (Phi) is 5.36. The highest BCUT2D eigenvalue weighted by molar-refractivity contribution is 5.95. The minimum atomic E-state index is -0.717. The standard InChI is InChI=1S/C20H15F2N3O3/c1-3-28-20(26)18-17(11-6-7-16(27-2)15(22)8-11)24-19(25-18)12-4-5-13(10-23)14(21)9-12/h4-9H,3H2,1-2H3,(H,24,25). The zero-order chi connectivity index (χ0) is 20.3. The molecule has 28 heavy (non-hydrogen) atoms. The number of nitrogens with one attached hydrogen (secondary N) is 1. The Morgan fingerprint density at radius 2 is 1.89 bits per heavy atom. The molecule has 0 atom stereocenters. The number of aromatic amines is 1. The van der Waals surface area contributed by atoms with E-state index >= 15 is 0 Å². The second-order valence-electron chi connectivity index (χ2n) is 5.69. The molecule has 2 aromatic carbocycles. The van der Waals surface area contributed by atoms with Crippen molar-refractivity contribution in [3.05, 3.63) is 59.3 Å². The maximum absolute atomic E-state index is 14.1. The van der Waals surface area contributed by atoms with Crippen molar-refractivity contribution in [2.75, 3.05) is 13.7 Å². The number of aromatic nitrogens is 2. The van der Waals surface area contributed by atoms with E-state index in [1.807, 2.05) is 0 Å². The number of halogens is 2. The smallest absolute Gasteiger partial charge is 0.357 e. The molecule has 0 unspecified atom stereocenters. The number of esters is 1. The lowest BCUT2D eigenvalue weighted by atomic mass is 10.1. The van der Waals surface area contributed by atoms with Crippen LogP contribution in [0.1, 0.15) is 23.0 Å². The maximum Gasteiger partial charge on any atom is 0.357 e. The topological polar surface area (TPSA) is 88.0 Å². The Labute approximate surface area is 159 Å². The van der Waals surface area contributed by atoms with Gasteiger partial charge < -0.3 is 14.5 Å². The van der Waals surface area contributed by atoms with E-state index in [9.17, 15) is 13.6 Å². The summed E-state index contributed by atoms with van der Waals surface area (Å²) in [5.74, 6) is -1.79. The van der Waals surface area contributed by atoms with Gasteiger partial charge in [-0.2, -0.15) is 5.26 Å². The molecule has 0 saturated carbocycles. The van der Waals surface area contributed by atoms with Gasteiger partial charge in [0, 0.05) is 11.1 Å². The summed E-state index contributed by atoms with van der Waals surface area (Å²) in [6.45, 7) is 1.78. The largest absolute Gasteiger partial charge is 0.494 e. The summed E-state index contributed by atoms with van der Waals surface area (Å²) in [4.78, 5) is 19.5. The number of nitrogens with zero attached hydrogens (tertiary/aromatic N) is 2. The van der Waals surface area contributed by atoms with Gasteiger partial charge >= 0.3 is 5.97 Å². The maximum atomic E-state index is 14.1. The van der Waals surface area contributed by atoms with Crippen LogP contribution in [-0.2, 0) is 4.74 Å². The number of carbonyl (C=O) groups excluding carboxylic acids is 1. The molecule has 0 aliphatic rings. The molecule has 1 aromatic heterocycles. The third-order valence-electron chi connectivity index (χ3n) is 3.97.